The summed E-state index contributed by atoms with van der Waals surface area (Å²) >= 11 is 0. The van der Waals surface area contributed by atoms with Crippen LogP contribution >= 0.6 is 0 Å². The fourth-order valence-electron chi connectivity index (χ4n) is 3.99. The predicted molar refractivity (Wildman–Crippen MR) is 81.3 cm³/mol. The molecule has 0 aromatic rings. The summed E-state index contributed by atoms with van der Waals surface area (Å²) in [5, 5.41) is 0. The summed E-state index contributed by atoms with van der Waals surface area (Å²) in [4.78, 5) is 26.3. The number of rotatable bonds is 3. The van der Waals surface area contributed by atoms with Crippen molar-refractivity contribution in [1.82, 2.24) is 4.90 Å². The largest absolute Gasteiger partial charge is 0.458 e. The van der Waals surface area contributed by atoms with Crippen LogP contribution in [0.25, 0.3) is 0 Å². The molecule has 2 heterocycles. The first-order valence-electron chi connectivity index (χ1n) is 8.51. The van der Waals surface area contributed by atoms with E-state index in [1.165, 1.54) is 0 Å². The third-order valence-electron chi connectivity index (χ3n) is 5.02. The quantitative estimate of drug-likeness (QED) is 0.594. The number of carbonyl (C=O) groups is 2. The number of allylic oxidation sites excluding steroid dienone is 1. The monoisotopic (exact) mass is 307 g/mol. The van der Waals surface area contributed by atoms with Gasteiger partial charge >= 0.3 is 12.1 Å². The van der Waals surface area contributed by atoms with E-state index in [1.807, 2.05) is 17.9 Å². The van der Waals surface area contributed by atoms with Crippen molar-refractivity contribution in [3.8, 4) is 0 Å². The molecule has 0 aromatic carbocycles. The number of carbonyl (C=O) groups excluding carboxylic acids is 2. The lowest BCUT2D eigenvalue weighted by molar-refractivity contribution is -0.154. The van der Waals surface area contributed by atoms with Crippen LogP contribution in [0, 0.1) is 5.92 Å². The molecule has 3 aliphatic rings. The molecule has 2 bridgehead atoms. The number of ether oxygens (including phenoxy) is 2. The molecule has 2 fully saturated rings. The summed E-state index contributed by atoms with van der Waals surface area (Å²) in [6.07, 6.45) is 10.3. The van der Waals surface area contributed by atoms with Crippen LogP contribution in [0.15, 0.2) is 12.2 Å². The Morgan fingerprint density at radius 3 is 2.50 bits per heavy atom. The normalized spacial score (nSPS) is 33.6. The van der Waals surface area contributed by atoms with Gasteiger partial charge in [-0.1, -0.05) is 6.08 Å². The topological polar surface area (TPSA) is 55.8 Å². The molecule has 5 nitrogen and oxygen atoms in total. The Bertz CT molecular complexity index is 448. The SMILES string of the molecule is CCOC(=O)N1C2CCC1CC(C(=O)OC1C=CCCC1)C2. The summed E-state index contributed by atoms with van der Waals surface area (Å²) < 4.78 is 10.8. The predicted octanol–water partition coefficient (Wildman–Crippen LogP) is 3.04. The first-order valence-corrected chi connectivity index (χ1v) is 8.51. The molecule has 0 N–H and O–H groups in total. The van der Waals surface area contributed by atoms with Crippen molar-refractivity contribution in [1.29, 1.82) is 0 Å². The Labute approximate surface area is 131 Å². The Morgan fingerprint density at radius 1 is 1.18 bits per heavy atom. The highest BCUT2D eigenvalue weighted by Crippen LogP contribution is 2.39. The van der Waals surface area contributed by atoms with Gasteiger partial charge in [0.1, 0.15) is 6.10 Å². The van der Waals surface area contributed by atoms with Gasteiger partial charge < -0.3 is 14.4 Å². The number of nitrogens with zero attached hydrogens (tertiary/aromatic N) is 1. The molecule has 1 aliphatic carbocycles. The van der Waals surface area contributed by atoms with Crippen LogP contribution in [0.4, 0.5) is 4.79 Å². The molecule has 3 atom stereocenters. The van der Waals surface area contributed by atoms with Gasteiger partial charge in [-0.2, -0.15) is 0 Å². The molecule has 2 saturated heterocycles. The van der Waals surface area contributed by atoms with Crippen molar-refractivity contribution in [3.63, 3.8) is 0 Å². The molecule has 3 unspecified atom stereocenters. The molecule has 22 heavy (non-hydrogen) atoms. The van der Waals surface area contributed by atoms with Crippen molar-refractivity contribution in [2.45, 2.75) is 70.1 Å². The van der Waals surface area contributed by atoms with Crippen LogP contribution in [0.1, 0.15) is 51.9 Å². The number of hydrogen-bond acceptors (Lipinski definition) is 4. The van der Waals surface area contributed by atoms with Crippen LogP contribution in [0.2, 0.25) is 0 Å². The van der Waals surface area contributed by atoms with E-state index < -0.39 is 0 Å². The van der Waals surface area contributed by atoms with E-state index in [0.29, 0.717) is 19.4 Å². The molecule has 0 radical (unpaired) electrons. The zero-order valence-corrected chi connectivity index (χ0v) is 13.2. The summed E-state index contributed by atoms with van der Waals surface area (Å²) in [5.74, 6) is -0.157. The number of amides is 1. The number of fused-ring (bicyclic) bond motifs is 2. The number of esters is 1. The van der Waals surface area contributed by atoms with E-state index in [1.54, 1.807) is 0 Å². The van der Waals surface area contributed by atoms with Crippen molar-refractivity contribution in [2.24, 2.45) is 5.92 Å². The minimum atomic E-state index is -0.225. The Hall–Kier alpha value is -1.52. The number of piperidine rings is 1. The average Bonchev–Trinajstić information content (AvgIpc) is 2.79. The van der Waals surface area contributed by atoms with Gasteiger partial charge in [-0.15, -0.1) is 0 Å². The molecule has 1 amide bonds. The van der Waals surface area contributed by atoms with Crippen LogP contribution < -0.4 is 0 Å². The van der Waals surface area contributed by atoms with E-state index in [4.69, 9.17) is 9.47 Å². The van der Waals surface area contributed by atoms with Gasteiger partial charge in [0.2, 0.25) is 0 Å². The molecular formula is C17H25NO4. The Kier molecular flexibility index (Phi) is 4.69. The summed E-state index contributed by atoms with van der Waals surface area (Å²) in [5.41, 5.74) is 0. The van der Waals surface area contributed by atoms with Gasteiger partial charge in [0, 0.05) is 12.1 Å². The minimum Gasteiger partial charge on any atom is -0.458 e. The fraction of sp³-hybridized carbons (Fsp3) is 0.765. The molecule has 3 rings (SSSR count). The third-order valence-corrected chi connectivity index (χ3v) is 5.02. The smallest absolute Gasteiger partial charge is 0.410 e. The van der Waals surface area contributed by atoms with Gasteiger partial charge in [-0.05, 0) is 57.9 Å². The van der Waals surface area contributed by atoms with E-state index in [0.717, 1.165) is 32.1 Å². The average molecular weight is 307 g/mol. The van der Waals surface area contributed by atoms with E-state index in [2.05, 4.69) is 6.08 Å². The zero-order valence-electron chi connectivity index (χ0n) is 13.2. The van der Waals surface area contributed by atoms with Crippen molar-refractivity contribution >= 4 is 12.1 Å². The molecule has 0 spiro atoms. The van der Waals surface area contributed by atoms with E-state index in [9.17, 15) is 9.59 Å². The van der Waals surface area contributed by atoms with E-state index >= 15 is 0 Å². The maximum absolute atomic E-state index is 12.4. The lowest BCUT2D eigenvalue weighted by atomic mass is 9.91. The first kappa shape index (κ1) is 15.4. The van der Waals surface area contributed by atoms with Gasteiger partial charge in [0.15, 0.2) is 0 Å². The summed E-state index contributed by atoms with van der Waals surface area (Å²) in [6, 6.07) is 0.273. The van der Waals surface area contributed by atoms with Crippen molar-refractivity contribution < 1.29 is 19.1 Å². The molecule has 2 aliphatic heterocycles. The number of hydrogen-bond donors (Lipinski definition) is 0. The highest BCUT2D eigenvalue weighted by molar-refractivity contribution is 5.74. The van der Waals surface area contributed by atoms with Crippen LogP contribution in [-0.2, 0) is 14.3 Å². The minimum absolute atomic E-state index is 0.0537. The van der Waals surface area contributed by atoms with E-state index in [-0.39, 0.29) is 36.2 Å². The molecular weight excluding hydrogens is 282 g/mol. The van der Waals surface area contributed by atoms with Crippen LogP contribution in [-0.4, -0.2) is 41.8 Å². The summed E-state index contributed by atoms with van der Waals surface area (Å²) in [6.45, 7) is 2.22. The lowest BCUT2D eigenvalue weighted by Crippen LogP contribution is -2.48. The molecule has 0 aromatic heterocycles. The maximum Gasteiger partial charge on any atom is 0.410 e. The van der Waals surface area contributed by atoms with Gasteiger partial charge in [-0.3, -0.25) is 4.79 Å². The second kappa shape index (κ2) is 6.71. The van der Waals surface area contributed by atoms with Crippen molar-refractivity contribution in [2.75, 3.05) is 6.61 Å². The van der Waals surface area contributed by atoms with Crippen LogP contribution in [0.5, 0.6) is 0 Å². The second-order valence-electron chi connectivity index (χ2n) is 6.49. The Morgan fingerprint density at radius 2 is 1.91 bits per heavy atom. The van der Waals surface area contributed by atoms with Gasteiger partial charge in [0.05, 0.1) is 12.5 Å². The molecule has 122 valence electrons. The first-order chi connectivity index (χ1) is 10.7. The van der Waals surface area contributed by atoms with Crippen LogP contribution in [0.3, 0.4) is 0 Å². The highest BCUT2D eigenvalue weighted by Gasteiger charge is 2.46. The zero-order chi connectivity index (χ0) is 15.5. The Balaban J connectivity index is 1.57. The lowest BCUT2D eigenvalue weighted by Gasteiger charge is -2.37. The van der Waals surface area contributed by atoms with Gasteiger partial charge in [0.25, 0.3) is 0 Å². The summed E-state index contributed by atoms with van der Waals surface area (Å²) in [7, 11) is 0. The molecule has 0 saturated carbocycles. The third kappa shape index (κ3) is 3.13. The molecule has 5 heteroatoms. The van der Waals surface area contributed by atoms with Gasteiger partial charge in [-0.25, -0.2) is 4.79 Å². The standard InChI is InChI=1S/C17H25NO4/c1-2-21-17(20)18-13-8-9-14(18)11-12(10-13)16(19)22-15-6-4-3-5-7-15/h4,6,12-15H,2-3,5,7-11H2,1H3. The fourth-order valence-corrected chi connectivity index (χ4v) is 3.99. The van der Waals surface area contributed by atoms with Crippen molar-refractivity contribution in [3.05, 3.63) is 12.2 Å². The second-order valence-corrected chi connectivity index (χ2v) is 6.49. The highest BCUT2D eigenvalue weighted by atomic mass is 16.6. The maximum atomic E-state index is 12.4.